The molecule has 0 spiro atoms. The van der Waals surface area contributed by atoms with Gasteiger partial charge in [0.25, 0.3) is 0 Å². The topological polar surface area (TPSA) is 212 Å². The van der Waals surface area contributed by atoms with E-state index >= 15 is 0 Å². The Labute approximate surface area is 374 Å². The van der Waals surface area contributed by atoms with Gasteiger partial charge in [-0.3, -0.25) is 23.4 Å². The number of carbonyl (C=O) groups excluding carboxylic acids is 2. The molecular weight excluding hydrogens is 813 g/mol. The van der Waals surface area contributed by atoms with Crippen molar-refractivity contribution in [3.63, 3.8) is 0 Å². The number of aliphatic hydroxyl groups is 2. The van der Waals surface area contributed by atoms with Crippen molar-refractivity contribution >= 4 is 25.7 Å². The number of carbonyl (C=O) groups is 3. The van der Waals surface area contributed by atoms with Gasteiger partial charge in [-0.25, -0.2) is 4.57 Å². The summed E-state index contributed by atoms with van der Waals surface area (Å²) in [6.45, 7) is 2.49. The van der Waals surface area contributed by atoms with Gasteiger partial charge in [0.2, 0.25) is 0 Å². The summed E-state index contributed by atoms with van der Waals surface area (Å²) in [5.41, 5.74) is 5.33. The minimum absolute atomic E-state index is 0.0929. The third-order valence-corrected chi connectivity index (χ3v) is 11.2. The number of ether oxygens (including phenoxy) is 2. The highest BCUT2D eigenvalue weighted by atomic mass is 31.2. The molecule has 62 heavy (non-hydrogen) atoms. The number of hydrogen-bond acceptors (Lipinski definition) is 11. The normalized spacial score (nSPS) is 15.1. The summed E-state index contributed by atoms with van der Waals surface area (Å²) in [4.78, 5) is 46.1. The quantitative estimate of drug-likeness (QED) is 0.0167. The fourth-order valence-corrected chi connectivity index (χ4v) is 7.12. The van der Waals surface area contributed by atoms with E-state index in [1.165, 1.54) is 89.9 Å². The predicted molar refractivity (Wildman–Crippen MR) is 247 cm³/mol. The molecule has 360 valence electrons. The van der Waals surface area contributed by atoms with Crippen molar-refractivity contribution in [3.8, 4) is 0 Å². The second-order valence-corrected chi connectivity index (χ2v) is 17.6. The molecular formula is C48H86NO12P. The lowest BCUT2D eigenvalue weighted by atomic mass is 10.0. The number of nitrogens with two attached hydrogens (primary N) is 1. The van der Waals surface area contributed by atoms with Crippen molar-refractivity contribution in [3.05, 3.63) is 48.6 Å². The first-order chi connectivity index (χ1) is 29.9. The van der Waals surface area contributed by atoms with Crippen LogP contribution < -0.4 is 5.73 Å². The van der Waals surface area contributed by atoms with Crippen LogP contribution >= 0.6 is 7.82 Å². The van der Waals surface area contributed by atoms with Gasteiger partial charge in [0.05, 0.1) is 25.4 Å². The number of unbranched alkanes of at least 4 members (excludes halogenated alkanes) is 18. The largest absolute Gasteiger partial charge is 0.480 e. The fourth-order valence-electron chi connectivity index (χ4n) is 6.34. The van der Waals surface area contributed by atoms with Gasteiger partial charge in [-0.2, -0.15) is 0 Å². The second-order valence-electron chi connectivity index (χ2n) is 16.2. The average molecular weight is 900 g/mol. The Balaban J connectivity index is 4.52. The molecule has 0 aromatic carbocycles. The minimum Gasteiger partial charge on any atom is -0.480 e. The first-order valence-electron chi connectivity index (χ1n) is 23.8. The number of phosphoric acid groups is 1. The van der Waals surface area contributed by atoms with Gasteiger partial charge in [-0.1, -0.05) is 152 Å². The Morgan fingerprint density at radius 1 is 0.565 bits per heavy atom. The van der Waals surface area contributed by atoms with Crippen molar-refractivity contribution in [2.75, 3.05) is 19.8 Å². The van der Waals surface area contributed by atoms with E-state index in [0.29, 0.717) is 6.42 Å². The molecule has 0 bridgehead atoms. The van der Waals surface area contributed by atoms with Crippen LogP contribution in [0.4, 0.5) is 0 Å². The number of phosphoric ester groups is 1. The monoisotopic (exact) mass is 900 g/mol. The number of aliphatic carboxylic acids is 1. The van der Waals surface area contributed by atoms with Crippen LogP contribution in [0.2, 0.25) is 0 Å². The van der Waals surface area contributed by atoms with Crippen molar-refractivity contribution in [1.29, 1.82) is 0 Å². The highest BCUT2D eigenvalue weighted by molar-refractivity contribution is 7.47. The molecule has 0 aromatic rings. The molecule has 0 saturated carbocycles. The molecule has 6 N–H and O–H groups in total. The van der Waals surface area contributed by atoms with Gasteiger partial charge in [0.1, 0.15) is 12.6 Å². The fraction of sp³-hybridized carbons (Fsp3) is 0.771. The maximum atomic E-state index is 12.7. The summed E-state index contributed by atoms with van der Waals surface area (Å²) in [5, 5.41) is 29.6. The summed E-state index contributed by atoms with van der Waals surface area (Å²) in [6.07, 6.45) is 40.6. The van der Waals surface area contributed by atoms with Gasteiger partial charge in [0.15, 0.2) is 6.10 Å². The first-order valence-corrected chi connectivity index (χ1v) is 25.3. The van der Waals surface area contributed by atoms with Crippen molar-refractivity contribution in [1.82, 2.24) is 0 Å². The van der Waals surface area contributed by atoms with Crippen LogP contribution in [0.3, 0.4) is 0 Å². The summed E-state index contributed by atoms with van der Waals surface area (Å²) in [7, 11) is -4.79. The lowest BCUT2D eigenvalue weighted by Gasteiger charge is -2.20. The third kappa shape index (κ3) is 40.2. The third-order valence-electron chi connectivity index (χ3n) is 10.3. The standard InChI is InChI=1S/C48H86NO12P/c1-3-5-7-9-11-13-15-17-18-19-20-21-22-23-25-27-29-31-33-37-47(53)61-42(40-59-62(56,57)60-41-43(49)48(54)55)39-58-46(52)38-34-36-45(51)44(50)35-32-30-28-26-24-16-14-12-10-8-6-4-2/h12,14,17-18,24,26,30,32,42-45,50-51H,3-11,13,15-16,19-23,25,27-29,31,33-41,49H2,1-2H3,(H,54,55)(H,56,57)/b14-12-,18-17-,26-24-,32-30-/t42-,43+,44?,45?/m1/s1. The van der Waals surface area contributed by atoms with Gasteiger partial charge >= 0.3 is 25.7 Å². The van der Waals surface area contributed by atoms with Crippen LogP contribution in [0.25, 0.3) is 0 Å². The van der Waals surface area contributed by atoms with E-state index in [-0.39, 0.29) is 32.1 Å². The molecule has 3 unspecified atom stereocenters. The van der Waals surface area contributed by atoms with E-state index in [1.807, 2.05) is 12.2 Å². The Kier molecular flexibility index (Phi) is 40.5. The van der Waals surface area contributed by atoms with Crippen LogP contribution in [-0.4, -0.2) is 82.3 Å². The summed E-state index contributed by atoms with van der Waals surface area (Å²) >= 11 is 0. The van der Waals surface area contributed by atoms with Gasteiger partial charge in [-0.05, 0) is 77.0 Å². The lowest BCUT2D eigenvalue weighted by molar-refractivity contribution is -0.161. The first kappa shape index (κ1) is 59.4. The van der Waals surface area contributed by atoms with E-state index in [2.05, 4.69) is 54.8 Å². The van der Waals surface area contributed by atoms with Crippen LogP contribution in [0.15, 0.2) is 48.6 Å². The number of carboxylic acid groups (broad SMARTS) is 1. The van der Waals surface area contributed by atoms with Crippen LogP contribution in [-0.2, 0) is 37.5 Å². The van der Waals surface area contributed by atoms with Gasteiger partial charge in [-0.15, -0.1) is 0 Å². The maximum Gasteiger partial charge on any atom is 0.472 e. The molecule has 0 aliphatic heterocycles. The smallest absolute Gasteiger partial charge is 0.472 e. The Morgan fingerprint density at radius 3 is 1.60 bits per heavy atom. The zero-order valence-electron chi connectivity index (χ0n) is 38.4. The van der Waals surface area contributed by atoms with Crippen LogP contribution in [0, 0.1) is 0 Å². The number of carboxylic acids is 1. The number of rotatable bonds is 44. The average Bonchev–Trinajstić information content (AvgIpc) is 3.24. The summed E-state index contributed by atoms with van der Waals surface area (Å²) in [5.74, 6) is -2.70. The molecule has 0 saturated heterocycles. The predicted octanol–water partition coefficient (Wildman–Crippen LogP) is 10.9. The number of allylic oxidation sites excluding steroid dienone is 7. The van der Waals surface area contributed by atoms with E-state index in [4.69, 9.17) is 24.8 Å². The van der Waals surface area contributed by atoms with Crippen molar-refractivity contribution in [2.45, 2.75) is 218 Å². The zero-order chi connectivity index (χ0) is 45.9. The van der Waals surface area contributed by atoms with Crippen LogP contribution in [0.1, 0.15) is 194 Å². The summed E-state index contributed by atoms with van der Waals surface area (Å²) in [6, 6.07) is -1.56. The molecule has 0 fully saturated rings. The molecule has 0 aliphatic rings. The molecule has 0 aliphatic carbocycles. The van der Waals surface area contributed by atoms with E-state index in [1.54, 1.807) is 0 Å². The Morgan fingerprint density at radius 2 is 1.02 bits per heavy atom. The van der Waals surface area contributed by atoms with E-state index < -0.39 is 69.9 Å². The minimum atomic E-state index is -4.79. The molecule has 0 aromatic heterocycles. The summed E-state index contributed by atoms with van der Waals surface area (Å²) < 4.78 is 32.6. The lowest BCUT2D eigenvalue weighted by Crippen LogP contribution is -2.34. The van der Waals surface area contributed by atoms with E-state index in [0.717, 1.165) is 51.4 Å². The van der Waals surface area contributed by atoms with E-state index in [9.17, 15) is 34.1 Å². The molecule has 0 amide bonds. The van der Waals surface area contributed by atoms with Gasteiger partial charge in [0, 0.05) is 12.8 Å². The number of esters is 2. The Bertz CT molecular complexity index is 1270. The number of hydrogen-bond donors (Lipinski definition) is 5. The maximum absolute atomic E-state index is 12.7. The van der Waals surface area contributed by atoms with Crippen molar-refractivity contribution in [2.24, 2.45) is 5.73 Å². The SMILES string of the molecule is CCCCC/C=C\C/C=C\C/C=C\CC(O)C(O)CCCC(=O)OC[C@H](COP(=O)(O)OC[C@H](N)C(=O)O)OC(=O)CCCCCCCCCCC/C=C\CCCCCCCC. The highest BCUT2D eigenvalue weighted by Gasteiger charge is 2.28. The van der Waals surface area contributed by atoms with Gasteiger partial charge < -0.3 is 35.4 Å². The molecule has 0 rings (SSSR count). The molecule has 0 radical (unpaired) electrons. The molecule has 0 heterocycles. The molecule has 13 nitrogen and oxygen atoms in total. The number of aliphatic hydroxyl groups excluding tert-OH is 2. The zero-order valence-corrected chi connectivity index (χ0v) is 39.3. The Hall–Kier alpha value is -2.64. The molecule has 14 heteroatoms. The molecule has 5 atom stereocenters. The highest BCUT2D eigenvalue weighted by Crippen LogP contribution is 2.43. The van der Waals surface area contributed by atoms with Crippen LogP contribution in [0.5, 0.6) is 0 Å². The second kappa shape index (κ2) is 42.3. The van der Waals surface area contributed by atoms with Crippen molar-refractivity contribution < 1.29 is 57.7 Å².